The number of para-hydroxylation sites is 1. The van der Waals surface area contributed by atoms with Gasteiger partial charge in [0.05, 0.1) is 0 Å². The summed E-state index contributed by atoms with van der Waals surface area (Å²) in [5.41, 5.74) is 3.30. The van der Waals surface area contributed by atoms with Gasteiger partial charge in [-0.15, -0.1) is 0 Å². The van der Waals surface area contributed by atoms with E-state index >= 15 is 0 Å². The maximum Gasteiger partial charge on any atom is 0.261 e. The van der Waals surface area contributed by atoms with E-state index in [4.69, 9.17) is 4.74 Å². The van der Waals surface area contributed by atoms with E-state index in [1.807, 2.05) is 31.2 Å². The molecule has 1 N–H and O–H groups in total. The molecule has 0 saturated carbocycles. The Hall–Kier alpha value is -2.49. The number of anilines is 1. The van der Waals surface area contributed by atoms with Crippen LogP contribution in [-0.2, 0) is 11.3 Å². The molecule has 2 aromatic rings. The Labute approximate surface area is 150 Å². The zero-order valence-corrected chi connectivity index (χ0v) is 15.6. The maximum atomic E-state index is 12.3. The van der Waals surface area contributed by atoms with Gasteiger partial charge in [-0.05, 0) is 57.0 Å². The average Bonchev–Trinajstić information content (AvgIpc) is 2.63. The van der Waals surface area contributed by atoms with Gasteiger partial charge in [-0.2, -0.15) is 0 Å². The molecular formula is C21H28N2O2. The molecule has 0 radical (unpaired) electrons. The molecule has 4 nitrogen and oxygen atoms in total. The third-order valence-corrected chi connectivity index (χ3v) is 4.30. The first kappa shape index (κ1) is 18.8. The number of benzene rings is 2. The van der Waals surface area contributed by atoms with E-state index in [0.29, 0.717) is 6.54 Å². The van der Waals surface area contributed by atoms with Crippen LogP contribution in [0.2, 0.25) is 0 Å². The predicted molar refractivity (Wildman–Crippen MR) is 103 cm³/mol. The Morgan fingerprint density at radius 3 is 2.32 bits per heavy atom. The summed E-state index contributed by atoms with van der Waals surface area (Å²) in [5.74, 6) is 0.629. The highest BCUT2D eigenvalue weighted by atomic mass is 16.5. The molecule has 1 amide bonds. The third kappa shape index (κ3) is 5.24. The summed E-state index contributed by atoms with van der Waals surface area (Å²) in [4.78, 5) is 14.5. The van der Waals surface area contributed by atoms with Crippen molar-refractivity contribution in [1.29, 1.82) is 0 Å². The molecule has 0 fully saturated rings. The second-order valence-electron chi connectivity index (χ2n) is 6.08. The van der Waals surface area contributed by atoms with E-state index in [9.17, 15) is 4.79 Å². The number of nitrogens with zero attached hydrogens (tertiary/aromatic N) is 1. The smallest absolute Gasteiger partial charge is 0.261 e. The third-order valence-electron chi connectivity index (χ3n) is 4.30. The Balaban J connectivity index is 1.88. The summed E-state index contributed by atoms with van der Waals surface area (Å²) in [6.07, 6.45) is -0.531. The van der Waals surface area contributed by atoms with Crippen LogP contribution < -0.4 is 15.0 Å². The number of aryl methyl sites for hydroxylation is 1. The second kappa shape index (κ2) is 9.11. The molecule has 0 saturated heterocycles. The van der Waals surface area contributed by atoms with Crippen LogP contribution in [0.1, 0.15) is 31.9 Å². The van der Waals surface area contributed by atoms with Gasteiger partial charge in [0.2, 0.25) is 0 Å². The number of carbonyl (C=O) groups excluding carboxylic acids is 1. The number of rotatable bonds is 8. The van der Waals surface area contributed by atoms with Crippen LogP contribution in [0.4, 0.5) is 5.69 Å². The highest BCUT2D eigenvalue weighted by Gasteiger charge is 2.15. The van der Waals surface area contributed by atoms with Crippen molar-refractivity contribution in [3.63, 3.8) is 0 Å². The largest absolute Gasteiger partial charge is 0.481 e. The molecule has 0 spiro atoms. The lowest BCUT2D eigenvalue weighted by molar-refractivity contribution is -0.127. The van der Waals surface area contributed by atoms with Gasteiger partial charge in [0.1, 0.15) is 5.75 Å². The molecule has 0 aliphatic rings. The van der Waals surface area contributed by atoms with Crippen molar-refractivity contribution < 1.29 is 9.53 Å². The van der Waals surface area contributed by atoms with Crippen molar-refractivity contribution >= 4 is 11.6 Å². The summed E-state index contributed by atoms with van der Waals surface area (Å²) in [5, 5.41) is 2.94. The number of amides is 1. The summed E-state index contributed by atoms with van der Waals surface area (Å²) in [7, 11) is 0. The number of hydrogen-bond donors (Lipinski definition) is 1. The Bertz CT molecular complexity index is 679. The van der Waals surface area contributed by atoms with E-state index in [1.54, 1.807) is 6.92 Å². The normalized spacial score (nSPS) is 11.7. The van der Waals surface area contributed by atoms with Crippen LogP contribution in [0.3, 0.4) is 0 Å². The minimum absolute atomic E-state index is 0.115. The monoisotopic (exact) mass is 340 g/mol. The van der Waals surface area contributed by atoms with E-state index in [0.717, 1.165) is 30.0 Å². The van der Waals surface area contributed by atoms with Gasteiger partial charge in [0.15, 0.2) is 6.10 Å². The SMILES string of the molecule is CCN(CC)c1ccc(CNC(=O)C(C)Oc2ccccc2C)cc1. The van der Waals surface area contributed by atoms with Gasteiger partial charge in [0, 0.05) is 25.3 Å². The Morgan fingerprint density at radius 1 is 1.08 bits per heavy atom. The molecule has 2 rings (SSSR count). The molecule has 0 bridgehead atoms. The molecule has 0 aliphatic carbocycles. The fraction of sp³-hybridized carbons (Fsp3) is 0.381. The van der Waals surface area contributed by atoms with Crippen molar-refractivity contribution in [1.82, 2.24) is 5.32 Å². The Morgan fingerprint density at radius 2 is 1.72 bits per heavy atom. The minimum atomic E-state index is -0.531. The topological polar surface area (TPSA) is 41.6 Å². The lowest BCUT2D eigenvalue weighted by Gasteiger charge is -2.21. The molecule has 2 aromatic carbocycles. The van der Waals surface area contributed by atoms with E-state index in [-0.39, 0.29) is 5.91 Å². The average molecular weight is 340 g/mol. The highest BCUT2D eigenvalue weighted by molar-refractivity contribution is 5.80. The van der Waals surface area contributed by atoms with Crippen molar-refractivity contribution in [3.05, 3.63) is 59.7 Å². The summed E-state index contributed by atoms with van der Waals surface area (Å²) >= 11 is 0. The van der Waals surface area contributed by atoms with Gasteiger partial charge in [0.25, 0.3) is 5.91 Å². The van der Waals surface area contributed by atoms with Crippen LogP contribution in [0.15, 0.2) is 48.5 Å². The first-order valence-electron chi connectivity index (χ1n) is 8.89. The number of nitrogens with one attached hydrogen (secondary N) is 1. The molecular weight excluding hydrogens is 312 g/mol. The molecule has 0 aliphatic heterocycles. The molecule has 4 heteroatoms. The maximum absolute atomic E-state index is 12.3. The van der Waals surface area contributed by atoms with E-state index in [1.165, 1.54) is 5.69 Å². The van der Waals surface area contributed by atoms with Crippen LogP contribution in [0.5, 0.6) is 5.75 Å². The second-order valence-corrected chi connectivity index (χ2v) is 6.08. The van der Waals surface area contributed by atoms with Gasteiger partial charge in [-0.3, -0.25) is 4.79 Å². The van der Waals surface area contributed by atoms with Gasteiger partial charge in [-0.25, -0.2) is 0 Å². The molecule has 134 valence electrons. The number of ether oxygens (including phenoxy) is 1. The summed E-state index contributed by atoms with van der Waals surface area (Å²) in [6, 6.07) is 16.0. The minimum Gasteiger partial charge on any atom is -0.481 e. The fourth-order valence-electron chi connectivity index (χ4n) is 2.68. The van der Waals surface area contributed by atoms with Crippen molar-refractivity contribution in [2.75, 3.05) is 18.0 Å². The molecule has 0 heterocycles. The number of carbonyl (C=O) groups is 1. The molecule has 25 heavy (non-hydrogen) atoms. The predicted octanol–water partition coefficient (Wildman–Crippen LogP) is 3.92. The summed E-state index contributed by atoms with van der Waals surface area (Å²) in [6.45, 7) is 10.5. The van der Waals surface area contributed by atoms with Gasteiger partial charge in [-0.1, -0.05) is 30.3 Å². The first-order chi connectivity index (χ1) is 12.0. The lowest BCUT2D eigenvalue weighted by Crippen LogP contribution is -2.36. The standard InChI is InChI=1S/C21H28N2O2/c1-5-23(6-2)19-13-11-18(12-14-19)15-22-21(24)17(4)25-20-10-8-7-9-16(20)3/h7-14,17H,5-6,15H2,1-4H3,(H,22,24). The number of hydrogen-bond acceptors (Lipinski definition) is 3. The molecule has 1 unspecified atom stereocenters. The zero-order chi connectivity index (χ0) is 18.2. The first-order valence-corrected chi connectivity index (χ1v) is 8.89. The highest BCUT2D eigenvalue weighted by Crippen LogP contribution is 2.18. The van der Waals surface area contributed by atoms with Crippen molar-refractivity contribution in [3.8, 4) is 5.75 Å². The van der Waals surface area contributed by atoms with Crippen LogP contribution in [0.25, 0.3) is 0 Å². The van der Waals surface area contributed by atoms with Crippen LogP contribution >= 0.6 is 0 Å². The van der Waals surface area contributed by atoms with Crippen molar-refractivity contribution in [2.24, 2.45) is 0 Å². The van der Waals surface area contributed by atoms with E-state index in [2.05, 4.69) is 48.3 Å². The zero-order valence-electron chi connectivity index (χ0n) is 15.6. The van der Waals surface area contributed by atoms with E-state index < -0.39 is 6.10 Å². The van der Waals surface area contributed by atoms with Crippen molar-refractivity contribution in [2.45, 2.75) is 40.3 Å². The van der Waals surface area contributed by atoms with Gasteiger partial charge >= 0.3 is 0 Å². The lowest BCUT2D eigenvalue weighted by atomic mass is 10.2. The van der Waals surface area contributed by atoms with Crippen LogP contribution in [0, 0.1) is 6.92 Å². The quantitative estimate of drug-likeness (QED) is 0.792. The Kier molecular flexibility index (Phi) is 6.87. The summed E-state index contributed by atoms with van der Waals surface area (Å²) < 4.78 is 5.76. The molecule has 0 aromatic heterocycles. The van der Waals surface area contributed by atoms with Gasteiger partial charge < -0.3 is 15.0 Å². The molecule has 1 atom stereocenters. The van der Waals surface area contributed by atoms with Crippen LogP contribution in [-0.4, -0.2) is 25.1 Å². The fourth-order valence-corrected chi connectivity index (χ4v) is 2.68.